The van der Waals surface area contributed by atoms with Crippen molar-refractivity contribution >= 4 is 17.5 Å². The molecule has 1 aromatic heterocycles. The predicted octanol–water partition coefficient (Wildman–Crippen LogP) is 4.37. The van der Waals surface area contributed by atoms with Crippen molar-refractivity contribution in [2.24, 2.45) is 0 Å². The first kappa shape index (κ1) is 21.7. The summed E-state index contributed by atoms with van der Waals surface area (Å²) in [7, 11) is 3.47. The van der Waals surface area contributed by atoms with Crippen LogP contribution in [0.1, 0.15) is 11.3 Å². The normalized spacial score (nSPS) is 12.4. The molecular formula is C16H16F7N5. The lowest BCUT2D eigenvalue weighted by Crippen LogP contribution is -2.22. The van der Waals surface area contributed by atoms with Crippen molar-refractivity contribution in [3.05, 3.63) is 41.3 Å². The van der Waals surface area contributed by atoms with Crippen molar-refractivity contribution < 1.29 is 30.7 Å². The molecule has 2 N–H and O–H groups in total. The Balaban J connectivity index is 2.43. The lowest BCUT2D eigenvalue weighted by molar-refractivity contribution is -0.141. The topological polar surface area (TPSA) is 53.1 Å². The van der Waals surface area contributed by atoms with Gasteiger partial charge in [-0.3, -0.25) is 0 Å². The minimum absolute atomic E-state index is 0.182. The second kappa shape index (κ2) is 8.17. The number of alkyl halides is 6. The van der Waals surface area contributed by atoms with Crippen LogP contribution in [0.15, 0.2) is 24.3 Å². The number of nitrogens with zero attached hydrogens (tertiary/aromatic N) is 3. The largest absolute Gasteiger partial charge is 0.433 e. The van der Waals surface area contributed by atoms with Gasteiger partial charge in [-0.15, -0.1) is 0 Å². The molecule has 1 aromatic carbocycles. The molecule has 0 bridgehead atoms. The first-order valence-electron chi connectivity index (χ1n) is 7.85. The fraction of sp³-hybridized carbons (Fsp3) is 0.375. The molecule has 0 spiro atoms. The Bertz CT molecular complexity index is 818. The molecule has 0 saturated heterocycles. The van der Waals surface area contributed by atoms with Gasteiger partial charge < -0.3 is 15.5 Å². The lowest BCUT2D eigenvalue weighted by atomic mass is 10.1. The molecule has 1 heterocycles. The summed E-state index contributed by atoms with van der Waals surface area (Å²) < 4.78 is 92.4. The van der Waals surface area contributed by atoms with Gasteiger partial charge in [-0.05, 0) is 26.2 Å². The maximum atomic E-state index is 13.9. The molecule has 0 saturated carbocycles. The highest BCUT2D eigenvalue weighted by Gasteiger charge is 2.36. The molecule has 0 fully saturated rings. The van der Waals surface area contributed by atoms with Crippen molar-refractivity contribution in [2.45, 2.75) is 12.4 Å². The fourth-order valence-corrected chi connectivity index (χ4v) is 2.14. The van der Waals surface area contributed by atoms with Crippen molar-refractivity contribution in [3.8, 4) is 0 Å². The zero-order valence-corrected chi connectivity index (χ0v) is 14.7. The van der Waals surface area contributed by atoms with E-state index < -0.39 is 46.9 Å². The standard InChI is InChI=1S/C16H16F7N5/c1-28(2)7-6-24-14-25-11(16(21,22)23)8-12(27-14)26-13-9(15(18,19)20)4-3-5-10(13)17/h3-5,8H,6-7H2,1-2H3,(H2,24,25,26,27). The molecule has 5 nitrogen and oxygen atoms in total. The van der Waals surface area contributed by atoms with Gasteiger partial charge in [0.1, 0.15) is 11.6 Å². The highest BCUT2D eigenvalue weighted by molar-refractivity contribution is 5.63. The van der Waals surface area contributed by atoms with Gasteiger partial charge in [0.05, 0.1) is 11.3 Å². The molecule has 0 aliphatic carbocycles. The Morgan fingerprint density at radius 3 is 2.25 bits per heavy atom. The highest BCUT2D eigenvalue weighted by Crippen LogP contribution is 2.38. The van der Waals surface area contributed by atoms with Crippen molar-refractivity contribution in [1.29, 1.82) is 0 Å². The van der Waals surface area contributed by atoms with Gasteiger partial charge in [0.15, 0.2) is 5.69 Å². The van der Waals surface area contributed by atoms with E-state index in [0.717, 1.165) is 12.1 Å². The maximum absolute atomic E-state index is 13.9. The summed E-state index contributed by atoms with van der Waals surface area (Å²) in [5, 5.41) is 4.56. The van der Waals surface area contributed by atoms with Crippen LogP contribution in [0.5, 0.6) is 0 Å². The second-order valence-corrected chi connectivity index (χ2v) is 5.97. The minimum atomic E-state index is -4.92. The molecule has 0 unspecified atom stereocenters. The zero-order chi connectivity index (χ0) is 21.1. The van der Waals surface area contributed by atoms with Crippen molar-refractivity contribution in [1.82, 2.24) is 14.9 Å². The summed E-state index contributed by atoms with van der Waals surface area (Å²) in [6.07, 6.45) is -9.80. The average molecular weight is 411 g/mol. The molecule has 2 rings (SSSR count). The Morgan fingerprint density at radius 2 is 1.68 bits per heavy atom. The molecule has 28 heavy (non-hydrogen) atoms. The van der Waals surface area contributed by atoms with Crippen LogP contribution >= 0.6 is 0 Å². The van der Waals surface area contributed by atoms with E-state index in [1.807, 2.05) is 5.32 Å². The van der Waals surface area contributed by atoms with Crippen LogP contribution in [-0.2, 0) is 12.4 Å². The number of para-hydroxylation sites is 1. The molecule has 0 radical (unpaired) electrons. The van der Waals surface area contributed by atoms with Gasteiger partial charge in [0.2, 0.25) is 5.95 Å². The van der Waals surface area contributed by atoms with Crippen LogP contribution in [0, 0.1) is 5.82 Å². The number of nitrogens with one attached hydrogen (secondary N) is 2. The van der Waals surface area contributed by atoms with E-state index in [2.05, 4.69) is 15.3 Å². The van der Waals surface area contributed by atoms with Crippen molar-refractivity contribution in [2.75, 3.05) is 37.8 Å². The quantitative estimate of drug-likeness (QED) is 0.692. The molecule has 12 heteroatoms. The summed E-state index contributed by atoms with van der Waals surface area (Å²) in [5.41, 5.74) is -3.79. The van der Waals surface area contributed by atoms with Gasteiger partial charge >= 0.3 is 12.4 Å². The first-order chi connectivity index (χ1) is 12.9. The van der Waals surface area contributed by atoms with Gasteiger partial charge in [-0.2, -0.15) is 31.3 Å². The third-order valence-corrected chi connectivity index (χ3v) is 3.43. The summed E-state index contributed by atoms with van der Waals surface area (Å²) in [6, 6.07) is 2.61. The first-order valence-corrected chi connectivity index (χ1v) is 7.85. The summed E-state index contributed by atoms with van der Waals surface area (Å²) in [5.74, 6) is -2.38. The fourth-order valence-electron chi connectivity index (χ4n) is 2.14. The third-order valence-electron chi connectivity index (χ3n) is 3.43. The number of aromatic nitrogens is 2. The minimum Gasteiger partial charge on any atom is -0.353 e. The number of benzene rings is 1. The number of hydrogen-bond acceptors (Lipinski definition) is 5. The van der Waals surface area contributed by atoms with E-state index >= 15 is 0 Å². The lowest BCUT2D eigenvalue weighted by Gasteiger charge is -2.17. The Kier molecular flexibility index (Phi) is 6.32. The number of hydrogen-bond donors (Lipinski definition) is 2. The predicted molar refractivity (Wildman–Crippen MR) is 88.8 cm³/mol. The summed E-state index contributed by atoms with van der Waals surface area (Å²) in [6.45, 7) is 0.620. The molecule has 154 valence electrons. The van der Waals surface area contributed by atoms with E-state index in [-0.39, 0.29) is 6.54 Å². The van der Waals surface area contributed by atoms with Crippen LogP contribution in [0.4, 0.5) is 48.2 Å². The average Bonchev–Trinajstić information content (AvgIpc) is 2.54. The maximum Gasteiger partial charge on any atom is 0.433 e. The van der Waals surface area contributed by atoms with Crippen LogP contribution in [0.3, 0.4) is 0 Å². The van der Waals surface area contributed by atoms with Crippen LogP contribution < -0.4 is 10.6 Å². The van der Waals surface area contributed by atoms with E-state index in [0.29, 0.717) is 18.7 Å². The monoisotopic (exact) mass is 411 g/mol. The SMILES string of the molecule is CN(C)CCNc1nc(Nc2c(F)cccc2C(F)(F)F)cc(C(F)(F)F)n1. The van der Waals surface area contributed by atoms with Crippen molar-refractivity contribution in [3.63, 3.8) is 0 Å². The van der Waals surface area contributed by atoms with Crippen LogP contribution in [0.2, 0.25) is 0 Å². The smallest absolute Gasteiger partial charge is 0.353 e. The van der Waals surface area contributed by atoms with E-state index in [1.54, 1.807) is 19.0 Å². The van der Waals surface area contributed by atoms with E-state index in [4.69, 9.17) is 0 Å². The van der Waals surface area contributed by atoms with Gasteiger partial charge in [0, 0.05) is 19.2 Å². The van der Waals surface area contributed by atoms with Crippen LogP contribution in [0.25, 0.3) is 0 Å². The molecule has 0 aliphatic rings. The molecular weight excluding hydrogens is 395 g/mol. The Hall–Kier alpha value is -2.63. The molecule has 0 aliphatic heterocycles. The van der Waals surface area contributed by atoms with Gasteiger partial charge in [-0.25, -0.2) is 9.37 Å². The Morgan fingerprint density at radius 1 is 1.00 bits per heavy atom. The highest BCUT2D eigenvalue weighted by atomic mass is 19.4. The molecule has 2 aromatic rings. The van der Waals surface area contributed by atoms with Gasteiger partial charge in [0.25, 0.3) is 0 Å². The Labute approximate surface area is 155 Å². The second-order valence-electron chi connectivity index (χ2n) is 5.97. The van der Waals surface area contributed by atoms with E-state index in [1.165, 1.54) is 0 Å². The molecule has 0 amide bonds. The number of halogens is 7. The van der Waals surface area contributed by atoms with E-state index in [9.17, 15) is 30.7 Å². The number of likely N-dealkylation sites (N-methyl/N-ethyl adjacent to an activating group) is 1. The number of rotatable bonds is 6. The summed E-state index contributed by atoms with van der Waals surface area (Å²) >= 11 is 0. The molecule has 0 atom stereocenters. The zero-order valence-electron chi connectivity index (χ0n) is 14.7. The third kappa shape index (κ3) is 5.68. The van der Waals surface area contributed by atoms with Crippen LogP contribution in [-0.4, -0.2) is 42.1 Å². The van der Waals surface area contributed by atoms with Gasteiger partial charge in [-0.1, -0.05) is 6.07 Å². The number of anilines is 3. The summed E-state index contributed by atoms with van der Waals surface area (Å²) in [4.78, 5) is 8.78.